The molecule has 2 atom stereocenters. The highest BCUT2D eigenvalue weighted by Crippen LogP contribution is 2.34. The number of aliphatic carboxylic acids is 1. The van der Waals surface area contributed by atoms with Gasteiger partial charge in [0.15, 0.2) is 0 Å². The fourth-order valence-electron chi connectivity index (χ4n) is 2.68. The van der Waals surface area contributed by atoms with Gasteiger partial charge in [0.1, 0.15) is 0 Å². The van der Waals surface area contributed by atoms with Gasteiger partial charge in [0.25, 0.3) is 0 Å². The lowest BCUT2D eigenvalue weighted by atomic mass is 9.74. The van der Waals surface area contributed by atoms with Crippen molar-refractivity contribution < 1.29 is 19.4 Å². The number of nitrogens with zero attached hydrogens (tertiary/aromatic N) is 2. The highest BCUT2D eigenvalue weighted by atomic mass is 16.5. The van der Waals surface area contributed by atoms with Gasteiger partial charge in [-0.1, -0.05) is 0 Å². The Hall–Kier alpha value is -1.30. The van der Waals surface area contributed by atoms with Gasteiger partial charge in [-0.3, -0.25) is 4.79 Å². The fourth-order valence-corrected chi connectivity index (χ4v) is 2.68. The Morgan fingerprint density at radius 3 is 2.62 bits per heavy atom. The molecule has 2 amide bonds. The standard InChI is InChI=1S/C15H28N2O4/c1-11(10-21-5)16(4)14(20)17-8-6-7-12(9-17)15(2,3)13(18)19/h11-12H,6-10H2,1-5H3,(H,18,19). The summed E-state index contributed by atoms with van der Waals surface area (Å²) in [6, 6.07) is -0.0548. The van der Waals surface area contributed by atoms with Crippen molar-refractivity contribution in [3.05, 3.63) is 0 Å². The highest BCUT2D eigenvalue weighted by Gasteiger charge is 2.40. The van der Waals surface area contributed by atoms with Crippen LogP contribution >= 0.6 is 0 Å². The number of carboxylic acids is 1. The Bertz CT molecular complexity index is 384. The second-order valence-electron chi connectivity index (χ2n) is 6.51. The molecule has 1 N–H and O–H groups in total. The molecular weight excluding hydrogens is 272 g/mol. The monoisotopic (exact) mass is 300 g/mol. The van der Waals surface area contributed by atoms with E-state index in [2.05, 4.69) is 0 Å². The van der Waals surface area contributed by atoms with E-state index in [-0.39, 0.29) is 18.0 Å². The molecule has 0 aliphatic carbocycles. The van der Waals surface area contributed by atoms with E-state index in [1.807, 2.05) is 6.92 Å². The molecule has 21 heavy (non-hydrogen) atoms. The molecule has 0 saturated carbocycles. The number of carbonyl (C=O) groups excluding carboxylic acids is 1. The second-order valence-corrected chi connectivity index (χ2v) is 6.51. The van der Waals surface area contributed by atoms with Gasteiger partial charge in [-0.2, -0.15) is 0 Å². The van der Waals surface area contributed by atoms with Crippen molar-refractivity contribution in [3.63, 3.8) is 0 Å². The maximum atomic E-state index is 12.5. The molecule has 122 valence electrons. The van der Waals surface area contributed by atoms with Crippen molar-refractivity contribution in [2.24, 2.45) is 11.3 Å². The number of hydrogen-bond acceptors (Lipinski definition) is 3. The summed E-state index contributed by atoms with van der Waals surface area (Å²) >= 11 is 0. The summed E-state index contributed by atoms with van der Waals surface area (Å²) in [5.41, 5.74) is -0.810. The lowest BCUT2D eigenvalue weighted by molar-refractivity contribution is -0.151. The number of amides is 2. The molecule has 1 fully saturated rings. The van der Waals surface area contributed by atoms with Gasteiger partial charge in [0.05, 0.1) is 18.1 Å². The number of hydrogen-bond donors (Lipinski definition) is 1. The van der Waals surface area contributed by atoms with E-state index in [1.54, 1.807) is 37.8 Å². The number of likely N-dealkylation sites (N-methyl/N-ethyl adjacent to an activating group) is 1. The molecule has 0 spiro atoms. The topological polar surface area (TPSA) is 70.1 Å². The van der Waals surface area contributed by atoms with E-state index >= 15 is 0 Å². The van der Waals surface area contributed by atoms with Crippen LogP contribution in [0.15, 0.2) is 0 Å². The lowest BCUT2D eigenvalue weighted by Gasteiger charge is -2.41. The van der Waals surface area contributed by atoms with Gasteiger partial charge in [-0.05, 0) is 39.5 Å². The number of carboxylic acid groups (broad SMARTS) is 1. The number of likely N-dealkylation sites (tertiary alicyclic amines) is 1. The Morgan fingerprint density at radius 2 is 2.10 bits per heavy atom. The molecule has 0 radical (unpaired) electrons. The largest absolute Gasteiger partial charge is 0.481 e. The number of carbonyl (C=O) groups is 2. The molecule has 0 bridgehead atoms. The van der Waals surface area contributed by atoms with Crippen LogP contribution < -0.4 is 0 Å². The van der Waals surface area contributed by atoms with Gasteiger partial charge in [0, 0.05) is 27.2 Å². The van der Waals surface area contributed by atoms with Gasteiger partial charge in [0.2, 0.25) is 0 Å². The minimum Gasteiger partial charge on any atom is -0.481 e. The Kier molecular flexibility index (Phi) is 6.01. The van der Waals surface area contributed by atoms with Crippen molar-refractivity contribution in [3.8, 4) is 0 Å². The van der Waals surface area contributed by atoms with Crippen LogP contribution in [-0.4, -0.2) is 66.8 Å². The van der Waals surface area contributed by atoms with E-state index in [9.17, 15) is 14.7 Å². The first-order valence-electron chi connectivity index (χ1n) is 7.45. The number of urea groups is 1. The number of methoxy groups -OCH3 is 1. The first-order valence-corrected chi connectivity index (χ1v) is 7.45. The van der Waals surface area contributed by atoms with Gasteiger partial charge < -0.3 is 19.6 Å². The molecule has 0 aromatic rings. The van der Waals surface area contributed by atoms with E-state index < -0.39 is 11.4 Å². The average Bonchev–Trinajstić information content (AvgIpc) is 2.45. The molecule has 1 aliphatic rings. The number of ether oxygens (including phenoxy) is 1. The quantitative estimate of drug-likeness (QED) is 0.842. The molecule has 2 unspecified atom stereocenters. The van der Waals surface area contributed by atoms with Crippen LogP contribution in [0.2, 0.25) is 0 Å². The second kappa shape index (κ2) is 7.11. The van der Waals surface area contributed by atoms with E-state index in [0.29, 0.717) is 19.7 Å². The molecule has 1 saturated heterocycles. The Morgan fingerprint density at radius 1 is 1.48 bits per heavy atom. The summed E-state index contributed by atoms with van der Waals surface area (Å²) in [7, 11) is 3.37. The lowest BCUT2D eigenvalue weighted by Crippen LogP contribution is -2.52. The van der Waals surface area contributed by atoms with E-state index in [4.69, 9.17) is 4.74 Å². The van der Waals surface area contributed by atoms with Gasteiger partial charge in [-0.25, -0.2) is 4.79 Å². The number of rotatable bonds is 5. The maximum absolute atomic E-state index is 12.5. The van der Waals surface area contributed by atoms with Crippen LogP contribution in [0, 0.1) is 11.3 Å². The minimum absolute atomic E-state index is 0.00430. The van der Waals surface area contributed by atoms with Crippen LogP contribution in [0.1, 0.15) is 33.6 Å². The zero-order valence-electron chi connectivity index (χ0n) is 13.8. The van der Waals surface area contributed by atoms with Crippen LogP contribution in [0.25, 0.3) is 0 Å². The molecule has 1 rings (SSSR count). The van der Waals surface area contributed by atoms with E-state index in [1.165, 1.54) is 0 Å². The van der Waals surface area contributed by atoms with E-state index in [0.717, 1.165) is 12.8 Å². The summed E-state index contributed by atoms with van der Waals surface area (Å²) in [5.74, 6) is -0.818. The van der Waals surface area contributed by atoms with Crippen LogP contribution in [0.4, 0.5) is 4.79 Å². The number of piperidine rings is 1. The van der Waals surface area contributed by atoms with Crippen LogP contribution in [0.5, 0.6) is 0 Å². The van der Waals surface area contributed by atoms with Crippen LogP contribution in [-0.2, 0) is 9.53 Å². The Labute approximate surface area is 127 Å². The summed E-state index contributed by atoms with van der Waals surface area (Å²) < 4.78 is 5.08. The molecular formula is C15H28N2O4. The SMILES string of the molecule is COCC(C)N(C)C(=O)N1CCCC(C(C)(C)C(=O)O)C1. The predicted molar refractivity (Wildman–Crippen MR) is 80.2 cm³/mol. The predicted octanol–water partition coefficient (Wildman–Crippen LogP) is 1.90. The van der Waals surface area contributed by atoms with Gasteiger partial charge in [-0.15, -0.1) is 0 Å². The average molecular weight is 300 g/mol. The third-order valence-corrected chi connectivity index (χ3v) is 4.63. The van der Waals surface area contributed by atoms with Crippen molar-refractivity contribution in [1.82, 2.24) is 9.80 Å². The van der Waals surface area contributed by atoms with Crippen molar-refractivity contribution >= 4 is 12.0 Å². The summed E-state index contributed by atoms with van der Waals surface area (Å²) in [5, 5.41) is 9.36. The Balaban J connectivity index is 2.72. The highest BCUT2D eigenvalue weighted by molar-refractivity contribution is 5.76. The molecule has 6 heteroatoms. The molecule has 1 aliphatic heterocycles. The summed E-state index contributed by atoms with van der Waals surface area (Å²) in [4.78, 5) is 27.3. The third-order valence-electron chi connectivity index (χ3n) is 4.63. The maximum Gasteiger partial charge on any atom is 0.320 e. The van der Waals surface area contributed by atoms with Crippen LogP contribution in [0.3, 0.4) is 0 Å². The molecule has 0 aromatic carbocycles. The van der Waals surface area contributed by atoms with Crippen molar-refractivity contribution in [2.75, 3.05) is 33.9 Å². The first kappa shape index (κ1) is 17.8. The minimum atomic E-state index is -0.810. The zero-order chi connectivity index (χ0) is 16.2. The first-order chi connectivity index (χ1) is 9.71. The third kappa shape index (κ3) is 4.09. The summed E-state index contributed by atoms with van der Waals surface area (Å²) in [6.07, 6.45) is 1.69. The molecule has 6 nitrogen and oxygen atoms in total. The smallest absolute Gasteiger partial charge is 0.320 e. The van der Waals surface area contributed by atoms with Gasteiger partial charge >= 0.3 is 12.0 Å². The van der Waals surface area contributed by atoms with Crippen molar-refractivity contribution in [2.45, 2.75) is 39.7 Å². The molecule has 0 aromatic heterocycles. The zero-order valence-corrected chi connectivity index (χ0v) is 13.8. The normalized spacial score (nSPS) is 21.0. The molecule has 1 heterocycles. The van der Waals surface area contributed by atoms with Crippen molar-refractivity contribution in [1.29, 1.82) is 0 Å². The summed E-state index contributed by atoms with van der Waals surface area (Å²) in [6.45, 7) is 7.10. The fraction of sp³-hybridized carbons (Fsp3) is 0.867.